The van der Waals surface area contributed by atoms with E-state index in [0.717, 1.165) is 29.4 Å². The fourth-order valence-corrected chi connectivity index (χ4v) is 2.28. The molecule has 0 radical (unpaired) electrons. The number of rotatable bonds is 5. The van der Waals surface area contributed by atoms with Gasteiger partial charge in [0.1, 0.15) is 5.82 Å². The topological polar surface area (TPSA) is 12.0 Å². The summed E-state index contributed by atoms with van der Waals surface area (Å²) >= 11 is 3.48. The van der Waals surface area contributed by atoms with Crippen LogP contribution in [-0.2, 0) is 6.42 Å². The molecule has 0 heterocycles. The third-order valence-electron chi connectivity index (χ3n) is 2.87. The van der Waals surface area contributed by atoms with E-state index in [0.29, 0.717) is 5.92 Å². The van der Waals surface area contributed by atoms with Crippen LogP contribution in [0.2, 0.25) is 0 Å². The van der Waals surface area contributed by atoms with Crippen LogP contribution in [0.5, 0.6) is 0 Å². The van der Waals surface area contributed by atoms with Crippen molar-refractivity contribution >= 4 is 15.9 Å². The van der Waals surface area contributed by atoms with E-state index in [2.05, 4.69) is 48.9 Å². The lowest BCUT2D eigenvalue weighted by molar-refractivity contribution is 0.393. The van der Waals surface area contributed by atoms with Crippen LogP contribution in [0.3, 0.4) is 0 Å². The van der Waals surface area contributed by atoms with Gasteiger partial charge < -0.3 is 5.32 Å². The Labute approximate surface area is 118 Å². The monoisotopic (exact) mass is 315 g/mol. The first-order valence-corrected chi connectivity index (χ1v) is 7.26. The van der Waals surface area contributed by atoms with Gasteiger partial charge in [0.2, 0.25) is 0 Å². The third-order valence-corrected chi connectivity index (χ3v) is 3.64. The number of benzene rings is 1. The van der Waals surface area contributed by atoms with Crippen molar-refractivity contribution in [1.29, 1.82) is 0 Å². The highest BCUT2D eigenvalue weighted by Gasteiger charge is 2.11. The molecule has 0 spiro atoms. The average molecular weight is 316 g/mol. The summed E-state index contributed by atoms with van der Waals surface area (Å²) in [5.74, 6) is 0.381. The van der Waals surface area contributed by atoms with E-state index in [4.69, 9.17) is 0 Å². The Balaban J connectivity index is 2.44. The Hall–Kier alpha value is -0.410. The molecule has 0 aliphatic heterocycles. The van der Waals surface area contributed by atoms with Crippen molar-refractivity contribution in [3.05, 3.63) is 34.1 Å². The van der Waals surface area contributed by atoms with E-state index in [9.17, 15) is 4.39 Å². The molecule has 0 aliphatic rings. The molecule has 0 bridgehead atoms. The molecule has 0 amide bonds. The van der Waals surface area contributed by atoms with Gasteiger partial charge in [-0.15, -0.1) is 0 Å². The molecule has 1 aromatic rings. The van der Waals surface area contributed by atoms with Crippen LogP contribution in [0, 0.1) is 11.7 Å². The normalized spacial score (nSPS) is 13.7. The molecule has 0 saturated carbocycles. The summed E-state index contributed by atoms with van der Waals surface area (Å²) in [5.41, 5.74) is 1.22. The minimum atomic E-state index is -0.159. The fraction of sp³-hybridized carbons (Fsp3) is 0.600. The van der Waals surface area contributed by atoms with Crippen molar-refractivity contribution in [3.8, 4) is 0 Å². The molecule has 1 N–H and O–H groups in total. The predicted octanol–water partition coefficient (Wildman–Crippen LogP) is 4.55. The van der Waals surface area contributed by atoms with E-state index < -0.39 is 0 Å². The largest absolute Gasteiger partial charge is 0.312 e. The standard InChI is InChI=1S/C15H23BrFN/c1-11(7-8-18-15(2,3)4)9-12-10-13(17)5-6-14(12)16/h5-6,10-11,18H,7-9H2,1-4H3. The lowest BCUT2D eigenvalue weighted by atomic mass is 9.97. The Morgan fingerprint density at radius 2 is 2.00 bits per heavy atom. The summed E-state index contributed by atoms with van der Waals surface area (Å²) in [6.07, 6.45) is 2.00. The van der Waals surface area contributed by atoms with Crippen LogP contribution in [0.25, 0.3) is 0 Å². The van der Waals surface area contributed by atoms with Gasteiger partial charge in [-0.1, -0.05) is 22.9 Å². The second kappa shape index (κ2) is 6.67. The van der Waals surface area contributed by atoms with Crippen LogP contribution >= 0.6 is 15.9 Å². The SMILES string of the molecule is CC(CCNC(C)(C)C)Cc1cc(F)ccc1Br. The highest BCUT2D eigenvalue weighted by molar-refractivity contribution is 9.10. The van der Waals surface area contributed by atoms with Gasteiger partial charge >= 0.3 is 0 Å². The zero-order valence-corrected chi connectivity index (χ0v) is 13.3. The molecule has 0 fully saturated rings. The molecule has 1 unspecified atom stereocenters. The summed E-state index contributed by atoms with van der Waals surface area (Å²) < 4.78 is 14.2. The molecular weight excluding hydrogens is 293 g/mol. The van der Waals surface area contributed by atoms with E-state index in [1.807, 2.05) is 0 Å². The minimum absolute atomic E-state index is 0.159. The molecule has 0 aromatic heterocycles. The van der Waals surface area contributed by atoms with Gasteiger partial charge in [-0.25, -0.2) is 4.39 Å². The Kier molecular flexibility index (Phi) is 5.80. The Morgan fingerprint density at radius 3 is 2.61 bits per heavy atom. The van der Waals surface area contributed by atoms with Crippen LogP contribution in [0.15, 0.2) is 22.7 Å². The number of nitrogens with one attached hydrogen (secondary N) is 1. The Morgan fingerprint density at radius 1 is 1.33 bits per heavy atom. The molecule has 1 atom stereocenters. The van der Waals surface area contributed by atoms with Gasteiger partial charge in [0.25, 0.3) is 0 Å². The lowest BCUT2D eigenvalue weighted by Crippen LogP contribution is -2.37. The number of halogens is 2. The Bertz CT molecular complexity index is 385. The van der Waals surface area contributed by atoms with Gasteiger partial charge in [-0.2, -0.15) is 0 Å². The highest BCUT2D eigenvalue weighted by Crippen LogP contribution is 2.22. The van der Waals surface area contributed by atoms with Gasteiger partial charge in [0, 0.05) is 10.0 Å². The second-order valence-corrected chi connectivity index (χ2v) is 6.86. The molecule has 0 aliphatic carbocycles. The first-order valence-electron chi connectivity index (χ1n) is 6.47. The molecule has 18 heavy (non-hydrogen) atoms. The summed E-state index contributed by atoms with van der Waals surface area (Å²) in [6.45, 7) is 9.71. The van der Waals surface area contributed by atoms with E-state index in [1.165, 1.54) is 6.07 Å². The highest BCUT2D eigenvalue weighted by atomic mass is 79.9. The molecule has 1 rings (SSSR count). The van der Waals surface area contributed by atoms with Crippen molar-refractivity contribution < 1.29 is 4.39 Å². The van der Waals surface area contributed by atoms with Crippen molar-refractivity contribution in [2.75, 3.05) is 6.54 Å². The van der Waals surface area contributed by atoms with Gasteiger partial charge in [-0.3, -0.25) is 0 Å². The van der Waals surface area contributed by atoms with E-state index in [-0.39, 0.29) is 11.4 Å². The summed E-state index contributed by atoms with van der Waals surface area (Å²) in [6, 6.07) is 4.89. The van der Waals surface area contributed by atoms with Crippen LogP contribution < -0.4 is 5.32 Å². The third kappa shape index (κ3) is 5.96. The maximum atomic E-state index is 13.2. The van der Waals surface area contributed by atoms with Gasteiger partial charge in [-0.05, 0) is 69.8 Å². The second-order valence-electron chi connectivity index (χ2n) is 6.01. The predicted molar refractivity (Wildman–Crippen MR) is 79.3 cm³/mol. The number of hydrogen-bond acceptors (Lipinski definition) is 1. The molecule has 1 aromatic carbocycles. The first-order chi connectivity index (χ1) is 8.28. The van der Waals surface area contributed by atoms with E-state index in [1.54, 1.807) is 12.1 Å². The number of hydrogen-bond donors (Lipinski definition) is 1. The van der Waals surface area contributed by atoms with Gasteiger partial charge in [0.15, 0.2) is 0 Å². The van der Waals surface area contributed by atoms with Crippen LogP contribution in [0.4, 0.5) is 4.39 Å². The maximum absolute atomic E-state index is 13.2. The van der Waals surface area contributed by atoms with Crippen LogP contribution in [0.1, 0.15) is 39.7 Å². The molecule has 3 heteroatoms. The molecular formula is C15H23BrFN. The minimum Gasteiger partial charge on any atom is -0.312 e. The lowest BCUT2D eigenvalue weighted by Gasteiger charge is -2.22. The smallest absolute Gasteiger partial charge is 0.123 e. The summed E-state index contributed by atoms with van der Waals surface area (Å²) in [7, 11) is 0. The molecule has 0 saturated heterocycles. The summed E-state index contributed by atoms with van der Waals surface area (Å²) in [4.78, 5) is 0. The van der Waals surface area contributed by atoms with Crippen molar-refractivity contribution in [1.82, 2.24) is 5.32 Å². The average Bonchev–Trinajstić information content (AvgIpc) is 2.21. The fourth-order valence-electron chi connectivity index (χ4n) is 1.87. The quantitative estimate of drug-likeness (QED) is 0.840. The first kappa shape index (κ1) is 15.6. The zero-order valence-electron chi connectivity index (χ0n) is 11.7. The van der Waals surface area contributed by atoms with E-state index >= 15 is 0 Å². The van der Waals surface area contributed by atoms with Crippen LogP contribution in [-0.4, -0.2) is 12.1 Å². The van der Waals surface area contributed by atoms with Crippen molar-refractivity contribution in [3.63, 3.8) is 0 Å². The molecule has 1 nitrogen and oxygen atoms in total. The summed E-state index contributed by atoms with van der Waals surface area (Å²) in [5, 5.41) is 3.48. The van der Waals surface area contributed by atoms with Crippen molar-refractivity contribution in [2.45, 2.75) is 46.1 Å². The maximum Gasteiger partial charge on any atom is 0.123 e. The zero-order chi connectivity index (χ0) is 13.8. The van der Waals surface area contributed by atoms with Gasteiger partial charge in [0.05, 0.1) is 0 Å². The van der Waals surface area contributed by atoms with Crippen molar-refractivity contribution in [2.24, 2.45) is 5.92 Å². The molecule has 102 valence electrons.